The maximum atomic E-state index is 13.0. The first kappa shape index (κ1) is 16.2. The molecule has 0 unspecified atom stereocenters. The molecule has 0 radical (unpaired) electrons. The van der Waals surface area contributed by atoms with Crippen LogP contribution in [0.1, 0.15) is 0 Å². The number of urea groups is 1. The van der Waals surface area contributed by atoms with E-state index in [1.54, 1.807) is 12.1 Å². The molecule has 0 bridgehead atoms. The van der Waals surface area contributed by atoms with Gasteiger partial charge < -0.3 is 5.32 Å². The van der Waals surface area contributed by atoms with Gasteiger partial charge in [-0.3, -0.25) is 5.32 Å². The highest BCUT2D eigenvalue weighted by Gasteiger charge is 2.10. The van der Waals surface area contributed by atoms with E-state index in [0.29, 0.717) is 15.8 Å². The number of nitrogens with zero attached hydrogens (tertiary/aromatic N) is 2. The molecule has 5 nitrogen and oxygen atoms in total. The molecule has 0 saturated carbocycles. The van der Waals surface area contributed by atoms with E-state index in [9.17, 15) is 9.18 Å². The number of aromatic nitrogens is 2. The van der Waals surface area contributed by atoms with E-state index in [-0.39, 0.29) is 5.82 Å². The summed E-state index contributed by atoms with van der Waals surface area (Å²) in [6.07, 6.45) is 0. The van der Waals surface area contributed by atoms with Crippen molar-refractivity contribution in [1.29, 1.82) is 0 Å². The number of halogens is 1. The molecule has 0 aliphatic carbocycles. The van der Waals surface area contributed by atoms with Crippen LogP contribution in [0.4, 0.5) is 20.0 Å². The fourth-order valence-corrected chi connectivity index (χ4v) is 3.25. The Morgan fingerprint density at radius 1 is 0.885 bits per heavy atom. The quantitative estimate of drug-likeness (QED) is 0.529. The molecule has 1 aromatic heterocycles. The second kappa shape index (κ2) is 6.89. The van der Waals surface area contributed by atoms with Crippen molar-refractivity contribution in [2.24, 2.45) is 0 Å². The van der Waals surface area contributed by atoms with E-state index in [1.807, 2.05) is 42.5 Å². The van der Waals surface area contributed by atoms with E-state index >= 15 is 0 Å². The molecule has 0 aliphatic rings. The third kappa shape index (κ3) is 3.52. The van der Waals surface area contributed by atoms with Crippen molar-refractivity contribution < 1.29 is 9.18 Å². The first-order valence-electron chi connectivity index (χ1n) is 7.84. The molecule has 26 heavy (non-hydrogen) atoms. The number of carbonyl (C=O) groups excluding carboxylic acids is 1. The second-order valence-corrected chi connectivity index (χ2v) is 6.54. The van der Waals surface area contributed by atoms with Crippen LogP contribution in [0, 0.1) is 5.82 Å². The van der Waals surface area contributed by atoms with Gasteiger partial charge in [-0.05, 0) is 47.2 Å². The Balaban J connectivity index is 1.45. The van der Waals surface area contributed by atoms with E-state index in [0.717, 1.165) is 16.3 Å². The van der Waals surface area contributed by atoms with Gasteiger partial charge in [-0.1, -0.05) is 41.7 Å². The predicted molar refractivity (Wildman–Crippen MR) is 102 cm³/mol. The average molecular weight is 364 g/mol. The first-order chi connectivity index (χ1) is 12.7. The van der Waals surface area contributed by atoms with E-state index < -0.39 is 6.03 Å². The van der Waals surface area contributed by atoms with Gasteiger partial charge in [0.05, 0.1) is 0 Å². The fraction of sp³-hybridized carbons (Fsp3) is 0. The zero-order chi connectivity index (χ0) is 17.9. The summed E-state index contributed by atoms with van der Waals surface area (Å²) in [4.78, 5) is 12.2. The van der Waals surface area contributed by atoms with Crippen LogP contribution >= 0.6 is 11.3 Å². The molecule has 0 atom stereocenters. The smallest absolute Gasteiger partial charge is 0.308 e. The van der Waals surface area contributed by atoms with Crippen molar-refractivity contribution in [3.05, 3.63) is 72.5 Å². The summed E-state index contributed by atoms with van der Waals surface area (Å²) in [5.74, 6) is -0.314. The molecule has 7 heteroatoms. The van der Waals surface area contributed by atoms with Crippen LogP contribution in [0.3, 0.4) is 0 Å². The summed E-state index contributed by atoms with van der Waals surface area (Å²) in [6, 6.07) is 19.2. The molecule has 2 amide bonds. The van der Waals surface area contributed by atoms with Crippen LogP contribution in [-0.4, -0.2) is 16.2 Å². The van der Waals surface area contributed by atoms with Crippen molar-refractivity contribution in [2.45, 2.75) is 0 Å². The Morgan fingerprint density at radius 3 is 2.46 bits per heavy atom. The Kier molecular flexibility index (Phi) is 4.28. The number of anilines is 2. The van der Waals surface area contributed by atoms with Crippen LogP contribution in [-0.2, 0) is 0 Å². The topological polar surface area (TPSA) is 66.9 Å². The number of amides is 2. The number of fused-ring (bicyclic) bond motifs is 1. The zero-order valence-electron chi connectivity index (χ0n) is 13.4. The van der Waals surface area contributed by atoms with Crippen molar-refractivity contribution in [1.82, 2.24) is 10.2 Å². The molecular formula is C19H13FN4OS. The molecule has 128 valence electrons. The molecule has 0 fully saturated rings. The maximum Gasteiger partial charge on any atom is 0.325 e. The summed E-state index contributed by atoms with van der Waals surface area (Å²) in [5.41, 5.74) is 1.43. The summed E-state index contributed by atoms with van der Waals surface area (Å²) in [5, 5.41) is 16.5. The van der Waals surface area contributed by atoms with Crippen LogP contribution in [0.15, 0.2) is 66.7 Å². The lowest BCUT2D eigenvalue weighted by Gasteiger charge is -2.06. The number of hydrogen-bond acceptors (Lipinski definition) is 4. The molecule has 0 saturated heterocycles. The molecule has 0 spiro atoms. The minimum atomic E-state index is -0.401. The third-order valence-corrected chi connectivity index (χ3v) is 4.63. The second-order valence-electron chi connectivity index (χ2n) is 5.56. The lowest BCUT2D eigenvalue weighted by molar-refractivity contribution is 0.262. The van der Waals surface area contributed by atoms with Crippen LogP contribution in [0.25, 0.3) is 21.3 Å². The van der Waals surface area contributed by atoms with E-state index in [2.05, 4.69) is 20.8 Å². The molecule has 4 rings (SSSR count). The number of hydrogen-bond donors (Lipinski definition) is 2. The molecule has 1 heterocycles. The van der Waals surface area contributed by atoms with Crippen molar-refractivity contribution >= 4 is 39.0 Å². The highest BCUT2D eigenvalue weighted by atomic mass is 32.1. The van der Waals surface area contributed by atoms with Gasteiger partial charge in [-0.2, -0.15) is 0 Å². The normalized spacial score (nSPS) is 10.7. The van der Waals surface area contributed by atoms with Crippen molar-refractivity contribution in [3.63, 3.8) is 0 Å². The number of carbonyl (C=O) groups is 1. The van der Waals surface area contributed by atoms with Gasteiger partial charge in [0.15, 0.2) is 0 Å². The average Bonchev–Trinajstić information content (AvgIpc) is 3.10. The summed E-state index contributed by atoms with van der Waals surface area (Å²) in [7, 11) is 0. The van der Waals surface area contributed by atoms with Crippen LogP contribution in [0.2, 0.25) is 0 Å². The summed E-state index contributed by atoms with van der Waals surface area (Å²) < 4.78 is 13.0. The van der Waals surface area contributed by atoms with E-state index in [1.165, 1.54) is 23.5 Å². The van der Waals surface area contributed by atoms with Gasteiger partial charge in [-0.25, -0.2) is 9.18 Å². The minimum absolute atomic E-state index is 0.314. The highest BCUT2D eigenvalue weighted by molar-refractivity contribution is 7.18. The highest BCUT2D eigenvalue weighted by Crippen LogP contribution is 2.26. The van der Waals surface area contributed by atoms with Gasteiger partial charge in [0, 0.05) is 11.3 Å². The third-order valence-electron chi connectivity index (χ3n) is 3.74. The lowest BCUT2D eigenvalue weighted by Crippen LogP contribution is -2.19. The Hall–Kier alpha value is -3.32. The monoisotopic (exact) mass is 364 g/mol. The van der Waals surface area contributed by atoms with E-state index in [4.69, 9.17) is 0 Å². The largest absolute Gasteiger partial charge is 0.325 e. The fourth-order valence-electron chi connectivity index (χ4n) is 2.51. The Labute approximate surface area is 152 Å². The standard InChI is InChI=1S/C19H13FN4OS/c20-15-8-5-13(6-9-15)17-23-24-19(26-17)22-18(25)21-16-10-7-12-3-1-2-4-14(12)11-16/h1-11H,(H2,21,22,24,25). The number of benzene rings is 3. The first-order valence-corrected chi connectivity index (χ1v) is 8.65. The van der Waals surface area contributed by atoms with Crippen molar-refractivity contribution in [3.8, 4) is 10.6 Å². The zero-order valence-corrected chi connectivity index (χ0v) is 14.3. The maximum absolute atomic E-state index is 13.0. The number of nitrogens with one attached hydrogen (secondary N) is 2. The SMILES string of the molecule is O=C(Nc1ccc2ccccc2c1)Nc1nnc(-c2ccc(F)cc2)s1. The molecule has 0 aliphatic heterocycles. The van der Waals surface area contributed by atoms with Gasteiger partial charge >= 0.3 is 6.03 Å². The van der Waals surface area contributed by atoms with Crippen molar-refractivity contribution in [2.75, 3.05) is 10.6 Å². The minimum Gasteiger partial charge on any atom is -0.308 e. The van der Waals surface area contributed by atoms with Crippen LogP contribution < -0.4 is 10.6 Å². The lowest BCUT2D eigenvalue weighted by atomic mass is 10.1. The molecule has 4 aromatic rings. The Bertz CT molecular complexity index is 1080. The molecular weight excluding hydrogens is 351 g/mol. The molecule has 2 N–H and O–H groups in total. The predicted octanol–water partition coefficient (Wildman–Crippen LogP) is 5.14. The molecule has 3 aromatic carbocycles. The summed E-state index contributed by atoms with van der Waals surface area (Å²) >= 11 is 1.22. The van der Waals surface area contributed by atoms with Gasteiger partial charge in [-0.15, -0.1) is 10.2 Å². The number of rotatable bonds is 3. The Morgan fingerprint density at radius 2 is 1.65 bits per heavy atom. The van der Waals surface area contributed by atoms with Gasteiger partial charge in [0.25, 0.3) is 0 Å². The van der Waals surface area contributed by atoms with Crippen LogP contribution in [0.5, 0.6) is 0 Å². The summed E-state index contributed by atoms with van der Waals surface area (Å²) in [6.45, 7) is 0. The van der Waals surface area contributed by atoms with Gasteiger partial charge in [0.2, 0.25) is 5.13 Å². The van der Waals surface area contributed by atoms with Gasteiger partial charge in [0.1, 0.15) is 10.8 Å².